The Morgan fingerprint density at radius 1 is 1.47 bits per heavy atom. The van der Waals surface area contributed by atoms with E-state index in [1.54, 1.807) is 6.07 Å². The highest BCUT2D eigenvalue weighted by molar-refractivity contribution is 6.29. The fourth-order valence-corrected chi connectivity index (χ4v) is 2.18. The molecular weight excluding hydrogens is 240 g/mol. The first-order chi connectivity index (χ1) is 8.29. The number of nitrogens with zero attached hydrogens (tertiary/aromatic N) is 3. The maximum absolute atomic E-state index is 9.09. The minimum absolute atomic E-state index is 0.108. The monoisotopic (exact) mass is 256 g/mol. The number of nitrogens with one attached hydrogen (secondary N) is 1. The van der Waals surface area contributed by atoms with Gasteiger partial charge in [-0.05, 0) is 31.5 Å². The van der Waals surface area contributed by atoms with E-state index < -0.39 is 0 Å². The van der Waals surface area contributed by atoms with E-state index in [9.17, 15) is 0 Å². The second-order valence-electron chi connectivity index (χ2n) is 4.18. The molecule has 1 unspecified atom stereocenters. The number of hydrogen-bond donors (Lipinski definition) is 2. The smallest absolute Gasteiger partial charge is 0.151 e. The molecule has 1 aliphatic heterocycles. The lowest BCUT2D eigenvalue weighted by atomic mass is 10.2. The third-order valence-corrected chi connectivity index (χ3v) is 3.12. The molecule has 1 aromatic heterocycles. The molecule has 1 aromatic rings. The van der Waals surface area contributed by atoms with Gasteiger partial charge in [0.2, 0.25) is 0 Å². The largest absolute Gasteiger partial charge is 0.395 e. The molecule has 6 heteroatoms. The van der Waals surface area contributed by atoms with E-state index in [2.05, 4.69) is 15.5 Å². The van der Waals surface area contributed by atoms with E-state index in [-0.39, 0.29) is 6.61 Å². The van der Waals surface area contributed by atoms with Gasteiger partial charge in [0.1, 0.15) is 0 Å². The number of aromatic nitrogens is 2. The standard InChI is InChI=1S/C11H17ClN4O/c12-10-3-4-11(15-14-10)16(6-7-17)8-9-2-1-5-13-9/h3-4,9,13,17H,1-2,5-8H2. The number of aliphatic hydroxyl groups is 1. The first-order valence-corrected chi connectivity index (χ1v) is 6.26. The molecule has 1 fully saturated rings. The lowest BCUT2D eigenvalue weighted by Gasteiger charge is -2.25. The lowest BCUT2D eigenvalue weighted by Crippen LogP contribution is -2.39. The van der Waals surface area contributed by atoms with Gasteiger partial charge in [0.25, 0.3) is 0 Å². The molecule has 17 heavy (non-hydrogen) atoms. The van der Waals surface area contributed by atoms with Crippen molar-refractivity contribution in [2.45, 2.75) is 18.9 Å². The molecule has 0 spiro atoms. The second-order valence-corrected chi connectivity index (χ2v) is 4.56. The van der Waals surface area contributed by atoms with Crippen molar-refractivity contribution in [1.29, 1.82) is 0 Å². The SMILES string of the molecule is OCCN(CC1CCCN1)c1ccc(Cl)nn1. The Bertz CT molecular complexity index is 340. The molecule has 0 bridgehead atoms. The number of hydrogen-bond acceptors (Lipinski definition) is 5. The maximum atomic E-state index is 9.09. The Morgan fingerprint density at radius 3 is 2.94 bits per heavy atom. The number of rotatable bonds is 5. The summed E-state index contributed by atoms with van der Waals surface area (Å²) in [5, 5.41) is 20.8. The van der Waals surface area contributed by atoms with Gasteiger partial charge < -0.3 is 15.3 Å². The highest BCUT2D eigenvalue weighted by atomic mass is 35.5. The van der Waals surface area contributed by atoms with E-state index in [4.69, 9.17) is 16.7 Å². The van der Waals surface area contributed by atoms with E-state index in [0.717, 1.165) is 18.9 Å². The molecule has 0 aliphatic carbocycles. The normalized spacial score (nSPS) is 19.5. The molecule has 94 valence electrons. The van der Waals surface area contributed by atoms with Gasteiger partial charge in [0.05, 0.1) is 6.61 Å². The van der Waals surface area contributed by atoms with Crippen molar-refractivity contribution in [2.24, 2.45) is 0 Å². The molecule has 5 nitrogen and oxygen atoms in total. The lowest BCUT2D eigenvalue weighted by molar-refractivity contribution is 0.300. The Kier molecular flexibility index (Phi) is 4.53. The Morgan fingerprint density at radius 2 is 2.35 bits per heavy atom. The molecule has 1 aliphatic rings. The molecule has 2 N–H and O–H groups in total. The zero-order chi connectivity index (χ0) is 12.1. The van der Waals surface area contributed by atoms with Crippen molar-refractivity contribution in [2.75, 3.05) is 31.1 Å². The predicted octanol–water partition coefficient (Wildman–Crippen LogP) is 0.681. The predicted molar refractivity (Wildman–Crippen MR) is 67.4 cm³/mol. The van der Waals surface area contributed by atoms with E-state index in [1.165, 1.54) is 12.8 Å². The van der Waals surface area contributed by atoms with Crippen LogP contribution in [0.1, 0.15) is 12.8 Å². The third-order valence-electron chi connectivity index (χ3n) is 2.91. The van der Waals surface area contributed by atoms with Crippen LogP contribution >= 0.6 is 11.6 Å². The van der Waals surface area contributed by atoms with Crippen LogP contribution in [0.25, 0.3) is 0 Å². The molecule has 1 saturated heterocycles. The van der Waals surface area contributed by atoms with E-state index in [0.29, 0.717) is 17.7 Å². The van der Waals surface area contributed by atoms with Gasteiger partial charge in [-0.15, -0.1) is 10.2 Å². The molecule has 0 radical (unpaired) electrons. The zero-order valence-corrected chi connectivity index (χ0v) is 10.4. The van der Waals surface area contributed by atoms with Gasteiger partial charge in [-0.25, -0.2) is 0 Å². The summed E-state index contributed by atoms with van der Waals surface area (Å²) in [6, 6.07) is 4.02. The van der Waals surface area contributed by atoms with Gasteiger partial charge in [-0.2, -0.15) is 0 Å². The van der Waals surface area contributed by atoms with Crippen LogP contribution in [0.15, 0.2) is 12.1 Å². The molecule has 1 atom stereocenters. The first kappa shape index (κ1) is 12.5. The second kappa shape index (κ2) is 6.14. The van der Waals surface area contributed by atoms with Crippen LogP contribution in [0.5, 0.6) is 0 Å². The summed E-state index contributed by atoms with van der Waals surface area (Å²) >= 11 is 5.71. The average molecular weight is 257 g/mol. The summed E-state index contributed by atoms with van der Waals surface area (Å²) in [5.41, 5.74) is 0. The van der Waals surface area contributed by atoms with Crippen LogP contribution in [0, 0.1) is 0 Å². The summed E-state index contributed by atoms with van der Waals surface area (Å²) in [6.45, 7) is 2.59. The Labute approximate surface area is 106 Å². The quantitative estimate of drug-likeness (QED) is 0.811. The van der Waals surface area contributed by atoms with Gasteiger partial charge in [-0.3, -0.25) is 0 Å². The summed E-state index contributed by atoms with van der Waals surface area (Å²) in [5.74, 6) is 0.761. The Hall–Kier alpha value is -0.910. The number of halogens is 1. The molecule has 2 heterocycles. The third kappa shape index (κ3) is 3.52. The summed E-state index contributed by atoms with van der Waals surface area (Å²) in [7, 11) is 0. The van der Waals surface area contributed by atoms with Gasteiger partial charge in [-0.1, -0.05) is 11.6 Å². The molecule has 2 rings (SSSR count). The van der Waals surface area contributed by atoms with Crippen LogP contribution in [-0.2, 0) is 0 Å². The highest BCUT2D eigenvalue weighted by Gasteiger charge is 2.18. The topological polar surface area (TPSA) is 61.3 Å². The summed E-state index contributed by atoms with van der Waals surface area (Å²) in [4.78, 5) is 2.03. The fourth-order valence-electron chi connectivity index (χ4n) is 2.08. The van der Waals surface area contributed by atoms with Crippen LogP contribution in [0.4, 0.5) is 5.82 Å². The molecule has 0 amide bonds. The number of anilines is 1. The van der Waals surface area contributed by atoms with Crippen LogP contribution in [-0.4, -0.2) is 47.6 Å². The highest BCUT2D eigenvalue weighted by Crippen LogP contribution is 2.14. The van der Waals surface area contributed by atoms with Crippen molar-refractivity contribution >= 4 is 17.4 Å². The van der Waals surface area contributed by atoms with E-state index in [1.807, 2.05) is 11.0 Å². The summed E-state index contributed by atoms with van der Waals surface area (Å²) < 4.78 is 0. The van der Waals surface area contributed by atoms with E-state index >= 15 is 0 Å². The average Bonchev–Trinajstić information content (AvgIpc) is 2.82. The van der Waals surface area contributed by atoms with Crippen molar-refractivity contribution < 1.29 is 5.11 Å². The first-order valence-electron chi connectivity index (χ1n) is 5.88. The van der Waals surface area contributed by atoms with Crippen LogP contribution in [0.3, 0.4) is 0 Å². The summed E-state index contributed by atoms with van der Waals surface area (Å²) in [6.07, 6.45) is 2.38. The minimum atomic E-state index is 0.108. The van der Waals surface area contributed by atoms with Gasteiger partial charge >= 0.3 is 0 Å². The van der Waals surface area contributed by atoms with Crippen molar-refractivity contribution in [3.63, 3.8) is 0 Å². The van der Waals surface area contributed by atoms with Crippen molar-refractivity contribution in [3.05, 3.63) is 17.3 Å². The minimum Gasteiger partial charge on any atom is -0.395 e. The Balaban J connectivity index is 2.02. The van der Waals surface area contributed by atoms with Crippen molar-refractivity contribution in [3.8, 4) is 0 Å². The number of aliphatic hydroxyl groups excluding tert-OH is 1. The fraction of sp³-hybridized carbons (Fsp3) is 0.636. The maximum Gasteiger partial charge on any atom is 0.151 e. The van der Waals surface area contributed by atoms with Gasteiger partial charge in [0, 0.05) is 19.1 Å². The van der Waals surface area contributed by atoms with Gasteiger partial charge in [0.15, 0.2) is 11.0 Å². The van der Waals surface area contributed by atoms with Crippen LogP contribution in [0.2, 0.25) is 5.15 Å². The van der Waals surface area contributed by atoms with Crippen molar-refractivity contribution in [1.82, 2.24) is 15.5 Å². The molecule has 0 saturated carbocycles. The molecular formula is C11H17ClN4O. The molecule has 0 aromatic carbocycles. The zero-order valence-electron chi connectivity index (χ0n) is 9.64. The van der Waals surface area contributed by atoms with Crippen LogP contribution < -0.4 is 10.2 Å².